The van der Waals surface area contributed by atoms with Crippen LogP contribution in [0.5, 0.6) is 5.75 Å². The lowest BCUT2D eigenvalue weighted by Gasteiger charge is -2.34. The zero-order valence-electron chi connectivity index (χ0n) is 17.0. The third-order valence-corrected chi connectivity index (χ3v) is 6.07. The first-order chi connectivity index (χ1) is 15.1. The predicted octanol–water partition coefficient (Wildman–Crippen LogP) is 4.93. The van der Waals surface area contributed by atoms with Crippen molar-refractivity contribution in [3.05, 3.63) is 93.7 Å². The Labute approximate surface area is 192 Å². The molecule has 2 aromatic carbocycles. The Hall–Kier alpha value is -2.60. The van der Waals surface area contributed by atoms with E-state index in [-0.39, 0.29) is 5.91 Å². The molecule has 0 bridgehead atoms. The molecule has 1 fully saturated rings. The molecule has 0 saturated carbocycles. The van der Waals surface area contributed by atoms with E-state index < -0.39 is 0 Å². The summed E-state index contributed by atoms with van der Waals surface area (Å²) in [6.45, 7) is 4.26. The fourth-order valence-electron chi connectivity index (χ4n) is 3.59. The van der Waals surface area contributed by atoms with Gasteiger partial charge in [-0.25, -0.2) is 0 Å². The Morgan fingerprint density at radius 2 is 1.74 bits per heavy atom. The molecule has 0 N–H and O–H groups in total. The number of carbonyl (C=O) groups excluding carboxylic acids is 1. The van der Waals surface area contributed by atoms with Crippen molar-refractivity contribution in [3.8, 4) is 5.75 Å². The molecule has 1 aromatic heterocycles. The lowest BCUT2D eigenvalue weighted by molar-refractivity contribution is 0.0628. The Morgan fingerprint density at radius 3 is 2.52 bits per heavy atom. The van der Waals surface area contributed by atoms with E-state index in [4.69, 9.17) is 27.9 Å². The average molecular weight is 456 g/mol. The van der Waals surface area contributed by atoms with Crippen LogP contribution in [0.1, 0.15) is 21.5 Å². The second kappa shape index (κ2) is 10.1. The van der Waals surface area contributed by atoms with Gasteiger partial charge in [-0.15, -0.1) is 0 Å². The Balaban J connectivity index is 1.33. The maximum atomic E-state index is 13.0. The van der Waals surface area contributed by atoms with Crippen LogP contribution in [-0.2, 0) is 13.2 Å². The number of ether oxygens (including phenoxy) is 1. The van der Waals surface area contributed by atoms with Crippen LogP contribution < -0.4 is 4.74 Å². The van der Waals surface area contributed by atoms with E-state index in [9.17, 15) is 4.79 Å². The number of benzene rings is 2. The van der Waals surface area contributed by atoms with Gasteiger partial charge in [0, 0.05) is 50.7 Å². The molecule has 1 aliphatic heterocycles. The van der Waals surface area contributed by atoms with Crippen LogP contribution in [0.4, 0.5) is 0 Å². The van der Waals surface area contributed by atoms with Gasteiger partial charge in [0.05, 0.1) is 5.02 Å². The number of rotatable bonds is 6. The molecule has 0 aliphatic carbocycles. The van der Waals surface area contributed by atoms with E-state index in [0.29, 0.717) is 41.1 Å². The molecule has 2 heterocycles. The number of halogens is 2. The SMILES string of the molecule is O=C(c1cccc(COc2cccc(Cl)c2Cl)c1)N1CCN(Cc2cccnc2)CC1. The molecule has 7 heteroatoms. The fourth-order valence-corrected chi connectivity index (χ4v) is 3.94. The largest absolute Gasteiger partial charge is 0.487 e. The summed E-state index contributed by atoms with van der Waals surface area (Å²) in [6, 6.07) is 16.8. The summed E-state index contributed by atoms with van der Waals surface area (Å²) in [7, 11) is 0. The predicted molar refractivity (Wildman–Crippen MR) is 123 cm³/mol. The quantitative estimate of drug-likeness (QED) is 0.528. The first-order valence-electron chi connectivity index (χ1n) is 10.2. The topological polar surface area (TPSA) is 45.7 Å². The summed E-state index contributed by atoms with van der Waals surface area (Å²) in [5.41, 5.74) is 2.76. The van der Waals surface area contributed by atoms with Crippen LogP contribution >= 0.6 is 23.2 Å². The van der Waals surface area contributed by atoms with Crippen molar-refractivity contribution in [3.63, 3.8) is 0 Å². The van der Waals surface area contributed by atoms with Crippen LogP contribution in [0.25, 0.3) is 0 Å². The number of carbonyl (C=O) groups is 1. The van der Waals surface area contributed by atoms with Crippen molar-refractivity contribution >= 4 is 29.1 Å². The molecule has 1 amide bonds. The van der Waals surface area contributed by atoms with Gasteiger partial charge in [0.2, 0.25) is 0 Å². The van der Waals surface area contributed by atoms with E-state index >= 15 is 0 Å². The van der Waals surface area contributed by atoms with Crippen molar-refractivity contribution in [1.82, 2.24) is 14.8 Å². The van der Waals surface area contributed by atoms with Gasteiger partial charge < -0.3 is 9.64 Å². The number of hydrogen-bond donors (Lipinski definition) is 0. The monoisotopic (exact) mass is 455 g/mol. The lowest BCUT2D eigenvalue weighted by Crippen LogP contribution is -2.48. The lowest BCUT2D eigenvalue weighted by atomic mass is 10.1. The smallest absolute Gasteiger partial charge is 0.253 e. The summed E-state index contributed by atoms with van der Waals surface area (Å²) in [4.78, 5) is 21.4. The number of hydrogen-bond acceptors (Lipinski definition) is 4. The van der Waals surface area contributed by atoms with E-state index in [2.05, 4.69) is 16.0 Å². The van der Waals surface area contributed by atoms with Crippen molar-refractivity contribution in [1.29, 1.82) is 0 Å². The van der Waals surface area contributed by atoms with Gasteiger partial charge in [-0.3, -0.25) is 14.7 Å². The number of amides is 1. The molecule has 1 saturated heterocycles. The summed E-state index contributed by atoms with van der Waals surface area (Å²) in [6.07, 6.45) is 3.67. The molecule has 0 radical (unpaired) electrons. The van der Waals surface area contributed by atoms with Crippen LogP contribution in [0.3, 0.4) is 0 Å². The zero-order valence-corrected chi connectivity index (χ0v) is 18.5. The summed E-state index contributed by atoms with van der Waals surface area (Å²) >= 11 is 12.2. The van der Waals surface area contributed by atoms with E-state index in [1.54, 1.807) is 24.4 Å². The van der Waals surface area contributed by atoms with Crippen molar-refractivity contribution in [2.75, 3.05) is 26.2 Å². The van der Waals surface area contributed by atoms with E-state index in [1.807, 2.05) is 41.4 Å². The minimum atomic E-state index is 0.0451. The van der Waals surface area contributed by atoms with Gasteiger partial charge in [0.25, 0.3) is 5.91 Å². The standard InChI is InChI=1S/C24H23Cl2N3O2/c25-21-7-2-8-22(23(21)26)31-17-18-4-1-6-20(14-18)24(30)29-12-10-28(11-13-29)16-19-5-3-9-27-15-19/h1-9,14-15H,10-13,16-17H2. The van der Waals surface area contributed by atoms with Gasteiger partial charge in [-0.1, -0.05) is 47.5 Å². The van der Waals surface area contributed by atoms with Gasteiger partial charge >= 0.3 is 0 Å². The van der Waals surface area contributed by atoms with Crippen LogP contribution in [0.15, 0.2) is 67.0 Å². The second-order valence-corrected chi connectivity index (χ2v) is 8.26. The average Bonchev–Trinajstić information content (AvgIpc) is 2.81. The van der Waals surface area contributed by atoms with Gasteiger partial charge in [0.15, 0.2) is 0 Å². The molecule has 31 heavy (non-hydrogen) atoms. The number of piperazine rings is 1. The molecule has 0 unspecified atom stereocenters. The van der Waals surface area contributed by atoms with Crippen molar-refractivity contribution < 1.29 is 9.53 Å². The first-order valence-corrected chi connectivity index (χ1v) is 10.9. The Kier molecular flexibility index (Phi) is 7.07. The molecule has 4 rings (SSSR count). The van der Waals surface area contributed by atoms with Gasteiger partial charge in [0.1, 0.15) is 17.4 Å². The Morgan fingerprint density at radius 1 is 0.968 bits per heavy atom. The third-order valence-electron chi connectivity index (χ3n) is 5.27. The molecule has 5 nitrogen and oxygen atoms in total. The van der Waals surface area contributed by atoms with Crippen molar-refractivity contribution in [2.24, 2.45) is 0 Å². The second-order valence-electron chi connectivity index (χ2n) is 7.47. The van der Waals surface area contributed by atoms with Crippen LogP contribution in [0, 0.1) is 0 Å². The van der Waals surface area contributed by atoms with Crippen LogP contribution in [0.2, 0.25) is 10.0 Å². The molecule has 1 aliphatic rings. The highest BCUT2D eigenvalue weighted by Gasteiger charge is 2.22. The number of pyridine rings is 1. The highest BCUT2D eigenvalue weighted by Crippen LogP contribution is 2.32. The number of nitrogens with zero attached hydrogens (tertiary/aromatic N) is 3. The molecular formula is C24H23Cl2N3O2. The highest BCUT2D eigenvalue weighted by atomic mass is 35.5. The minimum absolute atomic E-state index is 0.0451. The third kappa shape index (κ3) is 5.56. The van der Waals surface area contributed by atoms with E-state index in [0.717, 1.165) is 25.2 Å². The maximum Gasteiger partial charge on any atom is 0.253 e. The number of aromatic nitrogens is 1. The van der Waals surface area contributed by atoms with E-state index in [1.165, 1.54) is 5.56 Å². The molecule has 0 spiro atoms. The fraction of sp³-hybridized carbons (Fsp3) is 0.250. The first kappa shape index (κ1) is 21.6. The maximum absolute atomic E-state index is 13.0. The molecule has 0 atom stereocenters. The van der Waals surface area contributed by atoms with Gasteiger partial charge in [-0.05, 0) is 41.5 Å². The molecular weight excluding hydrogens is 433 g/mol. The zero-order chi connectivity index (χ0) is 21.6. The van der Waals surface area contributed by atoms with Crippen LogP contribution in [-0.4, -0.2) is 46.9 Å². The Bertz CT molecular complexity index is 1040. The van der Waals surface area contributed by atoms with Crippen molar-refractivity contribution in [2.45, 2.75) is 13.2 Å². The minimum Gasteiger partial charge on any atom is -0.487 e. The summed E-state index contributed by atoms with van der Waals surface area (Å²) < 4.78 is 5.80. The summed E-state index contributed by atoms with van der Waals surface area (Å²) in [5, 5.41) is 0.839. The van der Waals surface area contributed by atoms with Gasteiger partial charge in [-0.2, -0.15) is 0 Å². The highest BCUT2D eigenvalue weighted by molar-refractivity contribution is 6.42. The summed E-state index contributed by atoms with van der Waals surface area (Å²) in [5.74, 6) is 0.569. The molecule has 160 valence electrons. The normalized spacial score (nSPS) is 14.5. The molecule has 3 aromatic rings.